The highest BCUT2D eigenvalue weighted by Gasteiger charge is 2.32. The second-order valence-electron chi connectivity index (χ2n) is 14.2. The topological polar surface area (TPSA) is 162 Å². The van der Waals surface area contributed by atoms with Crippen LogP contribution in [0.4, 0.5) is 0 Å². The van der Waals surface area contributed by atoms with E-state index in [0.29, 0.717) is 86.2 Å². The first-order chi connectivity index (χ1) is 32.1. The van der Waals surface area contributed by atoms with Gasteiger partial charge in [0.05, 0.1) is 134 Å². The molecule has 0 unspecified atom stereocenters. The van der Waals surface area contributed by atoms with Crippen molar-refractivity contribution in [1.82, 2.24) is 0 Å². The molecule has 0 heterocycles. The van der Waals surface area contributed by atoms with E-state index in [1.165, 1.54) is 46.6 Å². The van der Waals surface area contributed by atoms with Gasteiger partial charge in [0.2, 0.25) is 11.6 Å². The van der Waals surface area contributed by atoms with E-state index in [-0.39, 0.29) is 103 Å². The molecule has 0 spiro atoms. The van der Waals surface area contributed by atoms with E-state index in [2.05, 4.69) is 26.3 Å². The van der Waals surface area contributed by atoms with Gasteiger partial charge >= 0.3 is 0 Å². The summed E-state index contributed by atoms with van der Waals surface area (Å²) in [5.41, 5.74) is 3.84. The SMILES string of the molecule is C=CCOCCOCc1c(C)c(COCCOCC=C)c(OC)c(C(=O)c2cc(P=O)cc(C(=O)c3c(OC)c(COCCOCC=C)c(C)c(COCCOCC=C)c3OC)c2)c1OC. The summed E-state index contributed by atoms with van der Waals surface area (Å²) in [6, 6.07) is 4.31. The average molecular weight is 937 g/mol. The van der Waals surface area contributed by atoms with Crippen molar-refractivity contribution in [3.63, 3.8) is 0 Å². The standard InChI is InChI=1S/C50H65O15P/c1-11-15-58-19-23-62-30-39-34(5)40(31-63-24-20-59-16-12-2)48(55-8)43(47(39)54-7)45(51)36-27-37(29-38(28-36)66-53)46(52)44-49(56-9)41(32-64-25-21-60-17-13-3)35(6)42(50(44)57-10)33-65-26-22-61-18-14-4/h11-14,27-29H,1-4,15-26,30-33H2,5-10H3. The van der Waals surface area contributed by atoms with Crippen LogP contribution in [0, 0.1) is 13.8 Å². The van der Waals surface area contributed by atoms with Gasteiger partial charge in [-0.1, -0.05) is 24.3 Å². The van der Waals surface area contributed by atoms with Gasteiger partial charge in [-0.15, -0.1) is 26.3 Å². The summed E-state index contributed by atoms with van der Waals surface area (Å²) in [4.78, 5) is 30.2. The maximum Gasteiger partial charge on any atom is 0.200 e. The number of methoxy groups -OCH3 is 4. The second kappa shape index (κ2) is 31.0. The van der Waals surface area contributed by atoms with Crippen LogP contribution in [-0.4, -0.2) is 119 Å². The highest BCUT2D eigenvalue weighted by atomic mass is 31.1. The summed E-state index contributed by atoms with van der Waals surface area (Å²) in [5, 5.41) is 0.150. The number of carbonyl (C=O) groups is 2. The fraction of sp³-hybridized carbons (Fsp3) is 0.440. The largest absolute Gasteiger partial charge is 0.495 e. The van der Waals surface area contributed by atoms with Gasteiger partial charge < -0.3 is 56.8 Å². The molecule has 0 aliphatic carbocycles. The Kier molecular flexibility index (Phi) is 26.0. The molecule has 360 valence electrons. The van der Waals surface area contributed by atoms with Gasteiger partial charge in [-0.2, -0.15) is 0 Å². The predicted octanol–water partition coefficient (Wildman–Crippen LogP) is 7.59. The molecule has 0 radical (unpaired) electrons. The third kappa shape index (κ3) is 15.5. The molecular weight excluding hydrogens is 872 g/mol. The minimum Gasteiger partial charge on any atom is -0.495 e. The van der Waals surface area contributed by atoms with Gasteiger partial charge in [-0.05, 0) is 43.2 Å². The van der Waals surface area contributed by atoms with Crippen LogP contribution in [0.1, 0.15) is 65.2 Å². The summed E-state index contributed by atoms with van der Waals surface area (Å²) in [5.74, 6) is -0.399. The van der Waals surface area contributed by atoms with Crippen LogP contribution in [-0.2, 0) is 68.9 Å². The maximum atomic E-state index is 15.1. The zero-order chi connectivity index (χ0) is 48.3. The van der Waals surface area contributed by atoms with Crippen molar-refractivity contribution in [3.8, 4) is 23.0 Å². The highest BCUT2D eigenvalue weighted by Crippen LogP contribution is 2.43. The van der Waals surface area contributed by atoms with Crippen molar-refractivity contribution in [1.29, 1.82) is 0 Å². The smallest absolute Gasteiger partial charge is 0.200 e. The van der Waals surface area contributed by atoms with Gasteiger partial charge in [0.1, 0.15) is 34.1 Å². The monoisotopic (exact) mass is 936 g/mol. The third-order valence-electron chi connectivity index (χ3n) is 10.0. The van der Waals surface area contributed by atoms with Crippen molar-refractivity contribution in [2.45, 2.75) is 40.3 Å². The average Bonchev–Trinajstić information content (AvgIpc) is 3.33. The molecule has 66 heavy (non-hydrogen) atoms. The number of benzene rings is 3. The number of ketones is 2. The van der Waals surface area contributed by atoms with Crippen LogP contribution in [0.25, 0.3) is 0 Å². The Morgan fingerprint density at radius 3 is 0.939 bits per heavy atom. The van der Waals surface area contributed by atoms with Crippen molar-refractivity contribution in [2.24, 2.45) is 0 Å². The Morgan fingerprint density at radius 1 is 0.455 bits per heavy atom. The lowest BCUT2D eigenvalue weighted by molar-refractivity contribution is 0.0470. The molecule has 3 aromatic rings. The van der Waals surface area contributed by atoms with Crippen LogP contribution in [0.5, 0.6) is 23.0 Å². The number of hydrogen-bond donors (Lipinski definition) is 0. The second-order valence-corrected chi connectivity index (χ2v) is 14.9. The van der Waals surface area contributed by atoms with Gasteiger partial charge in [0.25, 0.3) is 0 Å². The number of carbonyl (C=O) groups excluding carboxylic acids is 2. The van der Waals surface area contributed by atoms with E-state index in [1.54, 1.807) is 24.3 Å². The van der Waals surface area contributed by atoms with Gasteiger partial charge in [0, 0.05) is 38.7 Å². The lowest BCUT2D eigenvalue weighted by Gasteiger charge is -2.24. The fourth-order valence-electron chi connectivity index (χ4n) is 6.91. The first-order valence-corrected chi connectivity index (χ1v) is 22.1. The molecule has 16 heteroatoms. The van der Waals surface area contributed by atoms with Crippen LogP contribution < -0.4 is 24.3 Å². The van der Waals surface area contributed by atoms with Gasteiger partial charge in [-0.25, -0.2) is 0 Å². The van der Waals surface area contributed by atoms with Crippen molar-refractivity contribution < 1.29 is 71.0 Å². The van der Waals surface area contributed by atoms with E-state index in [0.717, 1.165) is 0 Å². The number of rotatable bonds is 37. The summed E-state index contributed by atoms with van der Waals surface area (Å²) in [6.45, 7) is 22.3. The van der Waals surface area contributed by atoms with Gasteiger partial charge in [0.15, 0.2) is 8.46 Å². The third-order valence-corrected chi connectivity index (χ3v) is 10.5. The molecule has 0 saturated heterocycles. The van der Waals surface area contributed by atoms with E-state index in [4.69, 9.17) is 56.8 Å². The Balaban J connectivity index is 2.25. The molecule has 0 aliphatic heterocycles. The van der Waals surface area contributed by atoms with Crippen LogP contribution >= 0.6 is 8.46 Å². The zero-order valence-corrected chi connectivity index (χ0v) is 40.1. The molecular formula is C50H65O15P. The minimum absolute atomic E-state index is 0.0187. The normalized spacial score (nSPS) is 11.1. The minimum atomic E-state index is -0.585. The van der Waals surface area contributed by atoms with Crippen LogP contribution in [0.3, 0.4) is 0 Å². The van der Waals surface area contributed by atoms with Gasteiger partial charge in [-0.3, -0.25) is 14.2 Å². The molecule has 0 fully saturated rings. The van der Waals surface area contributed by atoms with Crippen molar-refractivity contribution in [2.75, 3.05) is 108 Å². The zero-order valence-electron chi connectivity index (χ0n) is 39.3. The van der Waals surface area contributed by atoms with Crippen molar-refractivity contribution in [3.05, 3.63) is 124 Å². The predicted molar refractivity (Wildman–Crippen MR) is 252 cm³/mol. The lowest BCUT2D eigenvalue weighted by atomic mass is 9.89. The van der Waals surface area contributed by atoms with E-state index in [1.807, 2.05) is 13.8 Å². The highest BCUT2D eigenvalue weighted by molar-refractivity contribution is 7.34. The Labute approximate surface area is 390 Å². The summed E-state index contributed by atoms with van der Waals surface area (Å²) >= 11 is 0. The molecule has 0 N–H and O–H groups in total. The number of ether oxygens (including phenoxy) is 12. The molecule has 0 bridgehead atoms. The molecule has 0 aliphatic rings. The Hall–Kier alpha value is -5.06. The molecule has 0 amide bonds. The quantitative estimate of drug-likeness (QED) is 0.0240. The molecule has 0 aromatic heterocycles. The summed E-state index contributed by atoms with van der Waals surface area (Å²) < 4.78 is 82.7. The first kappa shape index (κ1) is 55.3. The molecule has 0 saturated carbocycles. The molecule has 3 rings (SSSR count). The Bertz CT molecular complexity index is 1860. The lowest BCUT2D eigenvalue weighted by Crippen LogP contribution is -2.18. The Morgan fingerprint density at radius 2 is 0.712 bits per heavy atom. The van der Waals surface area contributed by atoms with E-state index >= 15 is 9.59 Å². The molecule has 0 atom stereocenters. The summed E-state index contributed by atoms with van der Waals surface area (Å²) in [6.07, 6.45) is 6.58. The summed E-state index contributed by atoms with van der Waals surface area (Å²) in [7, 11) is 5.31. The van der Waals surface area contributed by atoms with Crippen LogP contribution in [0.15, 0.2) is 68.8 Å². The first-order valence-electron chi connectivity index (χ1n) is 21.3. The molecule has 3 aromatic carbocycles. The fourth-order valence-corrected chi connectivity index (χ4v) is 7.30. The number of hydrogen-bond acceptors (Lipinski definition) is 15. The maximum absolute atomic E-state index is 15.1. The van der Waals surface area contributed by atoms with E-state index < -0.39 is 20.0 Å². The molecule has 15 nitrogen and oxygen atoms in total. The van der Waals surface area contributed by atoms with Crippen molar-refractivity contribution >= 4 is 25.3 Å². The van der Waals surface area contributed by atoms with Crippen LogP contribution in [0.2, 0.25) is 0 Å². The van der Waals surface area contributed by atoms with E-state index in [9.17, 15) is 4.57 Å².